The van der Waals surface area contributed by atoms with Crippen LogP contribution in [0.25, 0.3) is 0 Å². The fourth-order valence-electron chi connectivity index (χ4n) is 1.02. The number of hydrogen-bond acceptors (Lipinski definition) is 4. The zero-order chi connectivity index (χ0) is 11.0. The molecule has 1 atom stereocenters. The number of nitrogens with two attached hydrogens (primary N) is 1. The summed E-state index contributed by atoms with van der Waals surface area (Å²) in [6.07, 6.45) is 2.22. The summed E-state index contributed by atoms with van der Waals surface area (Å²) in [7, 11) is 1.32. The summed E-state index contributed by atoms with van der Waals surface area (Å²) in [6, 6.07) is -0.544. The number of carbonyl (C=O) groups excluding carboxylic acids is 2. The third kappa shape index (κ3) is 6.42. The van der Waals surface area contributed by atoms with Crippen LogP contribution in [0.5, 0.6) is 0 Å². The molecule has 0 aliphatic rings. The van der Waals surface area contributed by atoms with Gasteiger partial charge in [-0.2, -0.15) is 0 Å². The molecule has 0 saturated carbocycles. The van der Waals surface area contributed by atoms with Crippen LogP contribution < -0.4 is 11.1 Å². The number of methoxy groups -OCH3 is 1. The average Bonchev–Trinajstić information content (AvgIpc) is 2.15. The third-order valence-electron chi connectivity index (χ3n) is 1.82. The number of rotatable bonds is 6. The van der Waals surface area contributed by atoms with E-state index in [2.05, 4.69) is 10.1 Å². The van der Waals surface area contributed by atoms with Gasteiger partial charge < -0.3 is 15.8 Å². The topological polar surface area (TPSA) is 81.4 Å². The summed E-state index contributed by atoms with van der Waals surface area (Å²) in [5.74, 6) is -0.424. The lowest BCUT2D eigenvalue weighted by molar-refractivity contribution is -0.142. The molecule has 0 bridgehead atoms. The number of carbonyl (C=O) groups is 2. The fraction of sp³-hybridized carbons (Fsp3) is 0.778. The van der Waals surface area contributed by atoms with E-state index in [1.54, 1.807) is 0 Å². The van der Waals surface area contributed by atoms with Crippen molar-refractivity contribution in [3.8, 4) is 0 Å². The van der Waals surface area contributed by atoms with Gasteiger partial charge in [-0.15, -0.1) is 0 Å². The number of unbranched alkanes of at least 4 members (excludes halogenated alkanes) is 1. The standard InChI is InChI=1S/C9H18N2O3/c1-7(12)11-6-4-3-5-8(10)9(13)14-2/h8H,3-6,10H2,1-2H3,(H,11,12)/t8-/m0/s1. The molecule has 0 rings (SSSR count). The molecule has 14 heavy (non-hydrogen) atoms. The molecular formula is C9H18N2O3. The van der Waals surface area contributed by atoms with E-state index >= 15 is 0 Å². The minimum Gasteiger partial charge on any atom is -0.468 e. The number of nitrogens with one attached hydrogen (secondary N) is 1. The number of ether oxygens (including phenoxy) is 1. The maximum atomic E-state index is 10.9. The second kappa shape index (κ2) is 7.32. The van der Waals surface area contributed by atoms with Gasteiger partial charge in [0, 0.05) is 13.5 Å². The van der Waals surface area contributed by atoms with E-state index in [4.69, 9.17) is 5.73 Å². The van der Waals surface area contributed by atoms with Gasteiger partial charge in [0.1, 0.15) is 6.04 Å². The molecule has 0 aromatic rings. The largest absolute Gasteiger partial charge is 0.468 e. The molecule has 0 aromatic heterocycles. The molecule has 0 aliphatic carbocycles. The van der Waals surface area contributed by atoms with Crippen molar-refractivity contribution in [1.82, 2.24) is 5.32 Å². The lowest BCUT2D eigenvalue weighted by atomic mass is 10.1. The van der Waals surface area contributed by atoms with Crippen LogP contribution in [-0.4, -0.2) is 31.6 Å². The highest BCUT2D eigenvalue weighted by Crippen LogP contribution is 1.99. The van der Waals surface area contributed by atoms with Crippen molar-refractivity contribution in [2.45, 2.75) is 32.2 Å². The van der Waals surface area contributed by atoms with E-state index in [0.29, 0.717) is 13.0 Å². The Balaban J connectivity index is 3.36. The van der Waals surface area contributed by atoms with Gasteiger partial charge in [0.05, 0.1) is 7.11 Å². The monoisotopic (exact) mass is 202 g/mol. The first kappa shape index (κ1) is 12.9. The molecule has 0 fully saturated rings. The van der Waals surface area contributed by atoms with Crippen molar-refractivity contribution >= 4 is 11.9 Å². The van der Waals surface area contributed by atoms with Crippen molar-refractivity contribution in [2.75, 3.05) is 13.7 Å². The van der Waals surface area contributed by atoms with Gasteiger partial charge in [-0.05, 0) is 19.3 Å². The molecule has 0 saturated heterocycles. The van der Waals surface area contributed by atoms with Crippen LogP contribution >= 0.6 is 0 Å². The highest BCUT2D eigenvalue weighted by atomic mass is 16.5. The van der Waals surface area contributed by atoms with Crippen LogP contribution in [0.3, 0.4) is 0 Å². The Bertz CT molecular complexity index is 194. The zero-order valence-corrected chi connectivity index (χ0v) is 8.71. The molecule has 0 radical (unpaired) electrons. The van der Waals surface area contributed by atoms with E-state index in [0.717, 1.165) is 12.8 Å². The summed E-state index contributed by atoms with van der Waals surface area (Å²) in [5.41, 5.74) is 5.51. The second-order valence-corrected chi connectivity index (χ2v) is 3.11. The third-order valence-corrected chi connectivity index (χ3v) is 1.82. The van der Waals surface area contributed by atoms with Crippen LogP contribution in [0.15, 0.2) is 0 Å². The smallest absolute Gasteiger partial charge is 0.322 e. The number of amides is 1. The van der Waals surface area contributed by atoms with E-state index in [1.165, 1.54) is 14.0 Å². The molecule has 82 valence electrons. The molecule has 1 amide bonds. The predicted octanol–water partition coefficient (Wildman–Crippen LogP) is -0.207. The average molecular weight is 202 g/mol. The molecule has 0 heterocycles. The van der Waals surface area contributed by atoms with Crippen LogP contribution in [0.1, 0.15) is 26.2 Å². The van der Waals surface area contributed by atoms with Crippen LogP contribution in [-0.2, 0) is 14.3 Å². The van der Waals surface area contributed by atoms with Gasteiger partial charge in [0.15, 0.2) is 0 Å². The minimum atomic E-state index is -0.544. The van der Waals surface area contributed by atoms with E-state index in [9.17, 15) is 9.59 Å². The molecule has 0 unspecified atom stereocenters. The molecular weight excluding hydrogens is 184 g/mol. The quantitative estimate of drug-likeness (QED) is 0.461. The Labute approximate surface area is 84.0 Å². The summed E-state index contributed by atoms with van der Waals surface area (Å²) >= 11 is 0. The van der Waals surface area contributed by atoms with Gasteiger partial charge in [-0.3, -0.25) is 9.59 Å². The first-order valence-electron chi connectivity index (χ1n) is 4.65. The van der Waals surface area contributed by atoms with Crippen molar-refractivity contribution in [3.05, 3.63) is 0 Å². The SMILES string of the molecule is COC(=O)[C@@H](N)CCCCNC(C)=O. The van der Waals surface area contributed by atoms with Gasteiger partial charge in [-0.1, -0.05) is 0 Å². The van der Waals surface area contributed by atoms with Crippen LogP contribution in [0.4, 0.5) is 0 Å². The zero-order valence-electron chi connectivity index (χ0n) is 8.71. The minimum absolute atomic E-state index is 0.0396. The molecule has 5 nitrogen and oxygen atoms in total. The van der Waals surface area contributed by atoms with Gasteiger partial charge in [-0.25, -0.2) is 0 Å². The highest BCUT2D eigenvalue weighted by molar-refractivity contribution is 5.75. The predicted molar refractivity (Wildman–Crippen MR) is 52.5 cm³/mol. The van der Waals surface area contributed by atoms with E-state index in [1.807, 2.05) is 0 Å². The molecule has 5 heteroatoms. The molecule has 3 N–H and O–H groups in total. The first-order chi connectivity index (χ1) is 6.57. The lowest BCUT2D eigenvalue weighted by Gasteiger charge is -2.08. The normalized spacial score (nSPS) is 11.9. The molecule has 0 aromatic carbocycles. The Hall–Kier alpha value is -1.10. The summed E-state index contributed by atoms with van der Waals surface area (Å²) in [5, 5.41) is 2.67. The van der Waals surface area contributed by atoms with Crippen LogP contribution in [0, 0.1) is 0 Å². The van der Waals surface area contributed by atoms with Crippen molar-refractivity contribution in [3.63, 3.8) is 0 Å². The van der Waals surface area contributed by atoms with Crippen molar-refractivity contribution < 1.29 is 14.3 Å². The Morgan fingerprint density at radius 1 is 1.43 bits per heavy atom. The molecule has 0 aliphatic heterocycles. The molecule has 0 spiro atoms. The van der Waals surface area contributed by atoms with E-state index < -0.39 is 6.04 Å². The highest BCUT2D eigenvalue weighted by Gasteiger charge is 2.12. The summed E-state index contributed by atoms with van der Waals surface area (Å²) < 4.78 is 4.47. The van der Waals surface area contributed by atoms with E-state index in [-0.39, 0.29) is 11.9 Å². The fourth-order valence-corrected chi connectivity index (χ4v) is 1.02. The Morgan fingerprint density at radius 2 is 2.07 bits per heavy atom. The lowest BCUT2D eigenvalue weighted by Crippen LogP contribution is -2.31. The number of esters is 1. The summed E-state index contributed by atoms with van der Waals surface area (Å²) in [6.45, 7) is 2.10. The van der Waals surface area contributed by atoms with Gasteiger partial charge in [0.2, 0.25) is 5.91 Å². The maximum Gasteiger partial charge on any atom is 0.322 e. The number of hydrogen-bond donors (Lipinski definition) is 2. The first-order valence-corrected chi connectivity index (χ1v) is 4.65. The maximum absolute atomic E-state index is 10.9. The Morgan fingerprint density at radius 3 is 2.57 bits per heavy atom. The van der Waals surface area contributed by atoms with Crippen LogP contribution in [0.2, 0.25) is 0 Å². The van der Waals surface area contributed by atoms with Gasteiger partial charge in [0.25, 0.3) is 0 Å². The summed E-state index contributed by atoms with van der Waals surface area (Å²) in [4.78, 5) is 21.4. The Kier molecular flexibility index (Phi) is 6.74. The second-order valence-electron chi connectivity index (χ2n) is 3.11. The van der Waals surface area contributed by atoms with Crippen molar-refractivity contribution in [1.29, 1.82) is 0 Å². The van der Waals surface area contributed by atoms with Crippen molar-refractivity contribution in [2.24, 2.45) is 5.73 Å². The van der Waals surface area contributed by atoms with Gasteiger partial charge >= 0.3 is 5.97 Å².